The molecule has 71 heavy (non-hydrogen) atoms. The molecular formula is C60H107NO10. The lowest BCUT2D eigenvalue weighted by Crippen LogP contribution is -2.61. The van der Waals surface area contributed by atoms with E-state index in [1.165, 1.54) is 128 Å². The van der Waals surface area contributed by atoms with Crippen molar-refractivity contribution in [2.75, 3.05) is 13.2 Å². The van der Waals surface area contributed by atoms with E-state index in [9.17, 15) is 35.1 Å². The molecule has 11 nitrogen and oxygen atoms in total. The number of hydrogen-bond donors (Lipinski definition) is 6. The largest absolute Gasteiger partial charge is 0.454 e. The van der Waals surface area contributed by atoms with Gasteiger partial charge in [0.25, 0.3) is 0 Å². The molecular weight excluding hydrogens is 895 g/mol. The Hall–Kier alpha value is -2.64. The van der Waals surface area contributed by atoms with Crippen molar-refractivity contribution in [3.05, 3.63) is 60.8 Å². The van der Waals surface area contributed by atoms with Crippen molar-refractivity contribution < 1.29 is 49.3 Å². The monoisotopic (exact) mass is 1000 g/mol. The Labute approximate surface area is 433 Å². The lowest BCUT2D eigenvalue weighted by atomic mass is 9.99. The number of allylic oxidation sites excluding steroid dienone is 9. The van der Waals surface area contributed by atoms with Gasteiger partial charge in [0.2, 0.25) is 5.91 Å². The predicted molar refractivity (Wildman–Crippen MR) is 292 cm³/mol. The maximum atomic E-state index is 13.3. The first kappa shape index (κ1) is 66.4. The molecule has 412 valence electrons. The summed E-state index contributed by atoms with van der Waals surface area (Å²) >= 11 is 0. The molecule has 8 unspecified atom stereocenters. The van der Waals surface area contributed by atoms with E-state index in [-0.39, 0.29) is 19.4 Å². The first-order chi connectivity index (χ1) is 34.7. The molecule has 1 aliphatic rings. The zero-order chi connectivity index (χ0) is 51.8. The molecule has 8 atom stereocenters. The average molecular weight is 1000 g/mol. The van der Waals surface area contributed by atoms with Gasteiger partial charge in [-0.25, -0.2) is 0 Å². The van der Waals surface area contributed by atoms with Gasteiger partial charge in [0.05, 0.1) is 25.4 Å². The van der Waals surface area contributed by atoms with E-state index in [0.717, 1.165) is 70.6 Å². The highest BCUT2D eigenvalue weighted by molar-refractivity contribution is 5.80. The summed E-state index contributed by atoms with van der Waals surface area (Å²) in [6, 6.07) is -1.05. The Morgan fingerprint density at radius 1 is 0.549 bits per heavy atom. The van der Waals surface area contributed by atoms with Crippen molar-refractivity contribution in [3.63, 3.8) is 0 Å². The molecule has 0 aromatic carbocycles. The van der Waals surface area contributed by atoms with Gasteiger partial charge in [-0.05, 0) is 64.2 Å². The first-order valence-electron chi connectivity index (χ1n) is 29.1. The summed E-state index contributed by atoms with van der Waals surface area (Å²) in [4.78, 5) is 26.4. The minimum absolute atomic E-state index is 0.119. The smallest absolute Gasteiger partial charge is 0.306 e. The summed E-state index contributed by atoms with van der Waals surface area (Å²) in [6.07, 6.45) is 48.4. The lowest BCUT2D eigenvalue weighted by molar-refractivity contribution is -0.305. The number of esters is 1. The second-order valence-electron chi connectivity index (χ2n) is 20.0. The Morgan fingerprint density at radius 3 is 1.48 bits per heavy atom. The molecule has 1 aliphatic heterocycles. The van der Waals surface area contributed by atoms with Crippen LogP contribution in [0.2, 0.25) is 0 Å². The van der Waals surface area contributed by atoms with E-state index >= 15 is 0 Å². The summed E-state index contributed by atoms with van der Waals surface area (Å²) in [5.74, 6) is -1.25. The minimum Gasteiger partial charge on any atom is -0.454 e. The van der Waals surface area contributed by atoms with Crippen LogP contribution in [0.5, 0.6) is 0 Å². The molecule has 1 heterocycles. The normalized spacial score (nSPS) is 20.0. The van der Waals surface area contributed by atoms with Gasteiger partial charge in [0.1, 0.15) is 24.4 Å². The van der Waals surface area contributed by atoms with Crippen molar-refractivity contribution >= 4 is 11.9 Å². The number of hydrogen-bond acceptors (Lipinski definition) is 10. The predicted octanol–water partition coefficient (Wildman–Crippen LogP) is 13.1. The number of rotatable bonds is 48. The van der Waals surface area contributed by atoms with Gasteiger partial charge in [-0.2, -0.15) is 0 Å². The number of nitrogens with one attached hydrogen (secondary N) is 1. The summed E-state index contributed by atoms with van der Waals surface area (Å²) in [5, 5.41) is 56.7. The van der Waals surface area contributed by atoms with E-state index < -0.39 is 67.4 Å². The SMILES string of the molecule is CCCCC/C=C\C/C=C\C/C=C\C/C=C\CCC(O)C(=O)NC(COC1OC(CO)C(O)C(O)C1OC(=O)CCCCCCCCCCCCCCCCC)C(O)/C=C/CCCCCCCCCCC. The average Bonchev–Trinajstić information content (AvgIpc) is 3.37. The van der Waals surface area contributed by atoms with Crippen LogP contribution in [0.3, 0.4) is 0 Å². The van der Waals surface area contributed by atoms with Gasteiger partial charge in [0.15, 0.2) is 12.4 Å². The zero-order valence-corrected chi connectivity index (χ0v) is 45.3. The Bertz CT molecular complexity index is 1380. The van der Waals surface area contributed by atoms with Crippen LogP contribution in [0.1, 0.15) is 245 Å². The highest BCUT2D eigenvalue weighted by Gasteiger charge is 2.47. The van der Waals surface area contributed by atoms with Crippen LogP contribution in [-0.4, -0.2) is 99.6 Å². The second kappa shape index (κ2) is 48.3. The molecule has 11 heteroatoms. The molecule has 0 spiro atoms. The number of aliphatic hydroxyl groups is 5. The van der Waals surface area contributed by atoms with Gasteiger partial charge in [-0.1, -0.05) is 236 Å². The minimum atomic E-state index is -1.62. The van der Waals surface area contributed by atoms with Crippen LogP contribution in [-0.2, 0) is 23.8 Å². The van der Waals surface area contributed by atoms with Crippen LogP contribution in [0.15, 0.2) is 60.8 Å². The fraction of sp³-hybridized carbons (Fsp3) is 0.800. The third-order valence-electron chi connectivity index (χ3n) is 13.4. The van der Waals surface area contributed by atoms with Gasteiger partial charge in [0, 0.05) is 6.42 Å². The molecule has 6 N–H and O–H groups in total. The molecule has 0 aromatic heterocycles. The van der Waals surface area contributed by atoms with Crippen molar-refractivity contribution in [3.8, 4) is 0 Å². The van der Waals surface area contributed by atoms with Crippen LogP contribution in [0.25, 0.3) is 0 Å². The van der Waals surface area contributed by atoms with Crippen LogP contribution >= 0.6 is 0 Å². The number of carbonyl (C=O) groups is 2. The number of carbonyl (C=O) groups excluding carboxylic acids is 2. The van der Waals surface area contributed by atoms with Gasteiger partial charge < -0.3 is 45.1 Å². The fourth-order valence-corrected chi connectivity index (χ4v) is 8.76. The van der Waals surface area contributed by atoms with Crippen LogP contribution in [0.4, 0.5) is 0 Å². The standard InChI is InChI=1S/C60H107NO10/c1-4-7-10-13-16-19-22-24-26-28-29-32-35-38-41-44-47-53(64)59(68)61-51(52(63)46-43-40-37-34-31-21-18-15-12-9-6-3)50-69-60-58(57(67)56(66)54(49-62)70-60)71-55(65)48-45-42-39-36-33-30-27-25-23-20-17-14-11-8-5-2/h16,19,24,26,29,32,38,41,43,46,51-54,56-58,60,62-64,66-67H,4-15,17-18,20-23,25,27-28,30-31,33-37,39-40,42,44-45,47-50H2,1-3H3,(H,61,68)/b19-16-,26-24-,32-29-,41-38-,46-43+. The molecule has 1 rings (SSSR count). The number of aliphatic hydroxyl groups excluding tert-OH is 5. The fourth-order valence-electron chi connectivity index (χ4n) is 8.76. The molecule has 0 saturated carbocycles. The van der Waals surface area contributed by atoms with Crippen molar-refractivity contribution in [1.82, 2.24) is 5.32 Å². The van der Waals surface area contributed by atoms with Gasteiger partial charge in [-0.3, -0.25) is 9.59 Å². The third-order valence-corrected chi connectivity index (χ3v) is 13.4. The highest BCUT2D eigenvalue weighted by atomic mass is 16.7. The van der Waals surface area contributed by atoms with Crippen molar-refractivity contribution in [2.24, 2.45) is 0 Å². The molecule has 1 amide bonds. The van der Waals surface area contributed by atoms with Crippen LogP contribution in [0, 0.1) is 0 Å². The number of unbranched alkanes of at least 4 members (excludes halogenated alkanes) is 26. The molecule has 0 radical (unpaired) electrons. The molecule has 0 aromatic rings. The third kappa shape index (κ3) is 36.9. The maximum Gasteiger partial charge on any atom is 0.306 e. The molecule has 0 aliphatic carbocycles. The molecule has 1 fully saturated rings. The zero-order valence-electron chi connectivity index (χ0n) is 45.3. The number of ether oxygens (including phenoxy) is 3. The quantitative estimate of drug-likeness (QED) is 0.0196. The maximum absolute atomic E-state index is 13.3. The Balaban J connectivity index is 2.76. The summed E-state index contributed by atoms with van der Waals surface area (Å²) in [6.45, 7) is 5.71. The summed E-state index contributed by atoms with van der Waals surface area (Å²) in [5.41, 5.74) is 0. The molecule has 1 saturated heterocycles. The van der Waals surface area contributed by atoms with Crippen LogP contribution < -0.4 is 5.32 Å². The summed E-state index contributed by atoms with van der Waals surface area (Å²) < 4.78 is 17.5. The molecule has 0 bridgehead atoms. The van der Waals surface area contributed by atoms with E-state index in [0.29, 0.717) is 12.8 Å². The van der Waals surface area contributed by atoms with Crippen molar-refractivity contribution in [2.45, 2.75) is 294 Å². The van der Waals surface area contributed by atoms with E-state index in [2.05, 4.69) is 62.5 Å². The highest BCUT2D eigenvalue weighted by Crippen LogP contribution is 2.26. The summed E-state index contributed by atoms with van der Waals surface area (Å²) in [7, 11) is 0. The Kier molecular flexibility index (Phi) is 45.2. The lowest BCUT2D eigenvalue weighted by Gasteiger charge is -2.41. The van der Waals surface area contributed by atoms with E-state index in [4.69, 9.17) is 14.2 Å². The van der Waals surface area contributed by atoms with Crippen molar-refractivity contribution in [1.29, 1.82) is 0 Å². The number of amides is 1. The van der Waals surface area contributed by atoms with Gasteiger partial charge >= 0.3 is 5.97 Å². The Morgan fingerprint density at radius 2 is 0.972 bits per heavy atom. The topological polar surface area (TPSA) is 175 Å². The van der Waals surface area contributed by atoms with E-state index in [1.807, 2.05) is 18.2 Å². The van der Waals surface area contributed by atoms with Gasteiger partial charge in [-0.15, -0.1) is 0 Å². The second-order valence-corrected chi connectivity index (χ2v) is 20.0. The first-order valence-corrected chi connectivity index (χ1v) is 29.1. The van der Waals surface area contributed by atoms with E-state index in [1.54, 1.807) is 6.08 Å².